The molecular weight excluding hydrogens is 408 g/mol. The van der Waals surface area contributed by atoms with Gasteiger partial charge in [0.05, 0.1) is 10.9 Å². The van der Waals surface area contributed by atoms with Crippen molar-refractivity contribution in [2.45, 2.75) is 30.2 Å². The Morgan fingerprint density at radius 3 is 1.74 bits per heavy atom. The van der Waals surface area contributed by atoms with Crippen molar-refractivity contribution in [2.75, 3.05) is 14.1 Å². The van der Waals surface area contributed by atoms with Gasteiger partial charge in [0.25, 0.3) is 0 Å². The van der Waals surface area contributed by atoms with E-state index in [1.54, 1.807) is 24.3 Å². The molecule has 0 spiro atoms. The summed E-state index contributed by atoms with van der Waals surface area (Å²) < 4.78 is 25.7. The van der Waals surface area contributed by atoms with E-state index < -0.39 is 10.0 Å². The highest BCUT2D eigenvalue weighted by atomic mass is 32.2. The van der Waals surface area contributed by atoms with Gasteiger partial charge in [-0.2, -0.15) is 0 Å². The minimum atomic E-state index is -3.47. The van der Waals surface area contributed by atoms with Gasteiger partial charge in [-0.3, -0.25) is 4.79 Å². The summed E-state index contributed by atoms with van der Waals surface area (Å²) in [7, 11) is -0.470. The molecule has 0 saturated carbocycles. The third-order valence-corrected chi connectivity index (χ3v) is 7.16. The molecule has 3 aromatic carbocycles. The van der Waals surface area contributed by atoms with Gasteiger partial charge >= 0.3 is 0 Å². The number of hydrogen-bond donors (Lipinski definition) is 1. The molecule has 1 N–H and O–H groups in total. The summed E-state index contributed by atoms with van der Waals surface area (Å²) in [5, 5.41) is 3.05. The average Bonchev–Trinajstić information content (AvgIpc) is 2.78. The zero-order valence-corrected chi connectivity index (χ0v) is 18.8. The first-order valence-electron chi connectivity index (χ1n) is 10.2. The van der Waals surface area contributed by atoms with Crippen LogP contribution in [0.2, 0.25) is 0 Å². The number of rotatable bonds is 8. The Morgan fingerprint density at radius 1 is 0.806 bits per heavy atom. The van der Waals surface area contributed by atoms with Crippen LogP contribution in [0, 0.1) is 0 Å². The molecule has 0 saturated heterocycles. The van der Waals surface area contributed by atoms with Crippen LogP contribution in [0.1, 0.15) is 42.0 Å². The molecule has 0 bridgehead atoms. The number of benzene rings is 3. The van der Waals surface area contributed by atoms with E-state index in [1.165, 1.54) is 18.4 Å². The van der Waals surface area contributed by atoms with E-state index in [1.807, 2.05) is 67.6 Å². The highest BCUT2D eigenvalue weighted by molar-refractivity contribution is 7.89. The van der Waals surface area contributed by atoms with Crippen LogP contribution in [0.4, 0.5) is 0 Å². The standard InChI is InChI=1S/C25H28N2O3S/c1-19(20-14-16-23(17-15-20)31(29,30)27(2)3)26-25(28)18-24(21-10-6-4-7-11-21)22-12-8-5-9-13-22/h4-17,19,24H,18H2,1-3H3,(H,26,28). The topological polar surface area (TPSA) is 66.5 Å². The number of nitrogens with one attached hydrogen (secondary N) is 1. The number of nitrogens with zero attached hydrogens (tertiary/aromatic N) is 1. The molecule has 3 rings (SSSR count). The third kappa shape index (κ3) is 5.60. The van der Waals surface area contributed by atoms with Crippen molar-refractivity contribution in [1.29, 1.82) is 0 Å². The van der Waals surface area contributed by atoms with Gasteiger partial charge in [0.15, 0.2) is 0 Å². The van der Waals surface area contributed by atoms with Crippen molar-refractivity contribution in [3.05, 3.63) is 102 Å². The Bertz CT molecular complexity index is 1060. The van der Waals surface area contributed by atoms with Crippen LogP contribution in [0.3, 0.4) is 0 Å². The third-order valence-electron chi connectivity index (χ3n) is 5.33. The first kappa shape index (κ1) is 22.7. The molecule has 0 aliphatic rings. The van der Waals surface area contributed by atoms with Gasteiger partial charge in [0.1, 0.15) is 0 Å². The van der Waals surface area contributed by atoms with Crippen LogP contribution in [0.5, 0.6) is 0 Å². The molecule has 1 amide bonds. The molecule has 3 aromatic rings. The zero-order valence-electron chi connectivity index (χ0n) is 18.0. The van der Waals surface area contributed by atoms with Gasteiger partial charge < -0.3 is 5.32 Å². The Labute approximate surface area is 184 Å². The van der Waals surface area contributed by atoms with E-state index in [2.05, 4.69) is 5.32 Å². The molecule has 162 valence electrons. The maximum atomic E-state index is 12.9. The molecule has 1 atom stereocenters. The molecule has 6 heteroatoms. The monoisotopic (exact) mass is 436 g/mol. The van der Waals surface area contributed by atoms with Crippen LogP contribution < -0.4 is 5.32 Å². The number of carbonyl (C=O) groups is 1. The normalized spacial score (nSPS) is 12.7. The van der Waals surface area contributed by atoms with Crippen molar-refractivity contribution in [3.8, 4) is 0 Å². The summed E-state index contributed by atoms with van der Waals surface area (Å²) in [5.41, 5.74) is 3.03. The van der Waals surface area contributed by atoms with Gasteiger partial charge in [0.2, 0.25) is 15.9 Å². The summed E-state index contributed by atoms with van der Waals surface area (Å²) in [6.07, 6.45) is 0.325. The van der Waals surface area contributed by atoms with Gasteiger partial charge in [0, 0.05) is 26.4 Å². The van der Waals surface area contributed by atoms with Crippen molar-refractivity contribution in [1.82, 2.24) is 9.62 Å². The van der Waals surface area contributed by atoms with E-state index in [0.29, 0.717) is 6.42 Å². The first-order chi connectivity index (χ1) is 14.8. The fourth-order valence-electron chi connectivity index (χ4n) is 3.51. The van der Waals surface area contributed by atoms with Crippen molar-refractivity contribution >= 4 is 15.9 Å². The predicted octanol–water partition coefficient (Wildman–Crippen LogP) is 4.34. The molecule has 0 radical (unpaired) electrons. The van der Waals surface area contributed by atoms with Crippen LogP contribution >= 0.6 is 0 Å². The highest BCUT2D eigenvalue weighted by Gasteiger charge is 2.21. The maximum absolute atomic E-state index is 12.9. The molecule has 0 aliphatic heterocycles. The Hall–Kier alpha value is -2.96. The Balaban J connectivity index is 1.72. The van der Waals surface area contributed by atoms with Crippen LogP contribution in [-0.4, -0.2) is 32.7 Å². The highest BCUT2D eigenvalue weighted by Crippen LogP contribution is 2.28. The second-order valence-corrected chi connectivity index (χ2v) is 9.88. The number of sulfonamides is 1. The molecule has 0 aromatic heterocycles. The fraction of sp³-hybridized carbons (Fsp3) is 0.240. The second-order valence-electron chi connectivity index (χ2n) is 7.72. The van der Waals surface area contributed by atoms with E-state index in [4.69, 9.17) is 0 Å². The summed E-state index contributed by atoms with van der Waals surface area (Å²) in [4.78, 5) is 13.1. The summed E-state index contributed by atoms with van der Waals surface area (Å²) in [6, 6.07) is 26.4. The van der Waals surface area contributed by atoms with Gasteiger partial charge in [-0.05, 0) is 35.7 Å². The van der Waals surface area contributed by atoms with Gasteiger partial charge in [-0.1, -0.05) is 72.8 Å². The maximum Gasteiger partial charge on any atom is 0.242 e. The molecule has 0 heterocycles. The molecule has 5 nitrogen and oxygen atoms in total. The second kappa shape index (κ2) is 9.90. The van der Waals surface area contributed by atoms with Crippen LogP contribution in [0.25, 0.3) is 0 Å². The number of amides is 1. The summed E-state index contributed by atoms with van der Waals surface area (Å²) >= 11 is 0. The van der Waals surface area contributed by atoms with Crippen LogP contribution in [0.15, 0.2) is 89.8 Å². The molecule has 31 heavy (non-hydrogen) atoms. The SMILES string of the molecule is CC(NC(=O)CC(c1ccccc1)c1ccccc1)c1ccc(S(=O)(=O)N(C)C)cc1. The first-order valence-corrected chi connectivity index (χ1v) is 11.6. The zero-order chi connectivity index (χ0) is 22.4. The smallest absolute Gasteiger partial charge is 0.242 e. The lowest BCUT2D eigenvalue weighted by Crippen LogP contribution is -2.28. The Kier molecular flexibility index (Phi) is 7.25. The van der Waals surface area contributed by atoms with Crippen molar-refractivity contribution in [3.63, 3.8) is 0 Å². The van der Waals surface area contributed by atoms with Crippen molar-refractivity contribution < 1.29 is 13.2 Å². The largest absolute Gasteiger partial charge is 0.350 e. The lowest BCUT2D eigenvalue weighted by atomic mass is 9.88. The van der Waals surface area contributed by atoms with Crippen LogP contribution in [-0.2, 0) is 14.8 Å². The van der Waals surface area contributed by atoms with E-state index >= 15 is 0 Å². The van der Waals surface area contributed by atoms with E-state index in [0.717, 1.165) is 16.7 Å². The lowest BCUT2D eigenvalue weighted by Gasteiger charge is -2.20. The molecule has 0 fully saturated rings. The lowest BCUT2D eigenvalue weighted by molar-refractivity contribution is -0.121. The number of carbonyl (C=O) groups excluding carboxylic acids is 1. The number of hydrogen-bond acceptors (Lipinski definition) is 3. The minimum Gasteiger partial charge on any atom is -0.350 e. The van der Waals surface area contributed by atoms with Gasteiger partial charge in [-0.15, -0.1) is 0 Å². The predicted molar refractivity (Wildman–Crippen MR) is 123 cm³/mol. The average molecular weight is 437 g/mol. The van der Waals surface area contributed by atoms with Gasteiger partial charge in [-0.25, -0.2) is 12.7 Å². The summed E-state index contributed by atoms with van der Waals surface area (Å²) in [6.45, 7) is 1.90. The summed E-state index contributed by atoms with van der Waals surface area (Å²) in [5.74, 6) is -0.0996. The van der Waals surface area contributed by atoms with Crippen molar-refractivity contribution in [2.24, 2.45) is 0 Å². The fourth-order valence-corrected chi connectivity index (χ4v) is 4.41. The minimum absolute atomic E-state index is 0.0396. The Morgan fingerprint density at radius 2 is 1.29 bits per heavy atom. The van der Waals surface area contributed by atoms with E-state index in [9.17, 15) is 13.2 Å². The molecule has 0 aliphatic carbocycles. The quantitative estimate of drug-likeness (QED) is 0.571. The molecule has 1 unspecified atom stereocenters. The molecular formula is C25H28N2O3S. The van der Waals surface area contributed by atoms with E-state index in [-0.39, 0.29) is 22.8 Å².